The lowest BCUT2D eigenvalue weighted by Gasteiger charge is -2.03. The minimum absolute atomic E-state index is 0.0862. The van der Waals surface area contributed by atoms with Crippen molar-refractivity contribution in [2.45, 2.75) is 13.5 Å². The van der Waals surface area contributed by atoms with E-state index in [2.05, 4.69) is 9.97 Å². The highest BCUT2D eigenvalue weighted by atomic mass is 16.5. The number of benzene rings is 2. The van der Waals surface area contributed by atoms with Crippen molar-refractivity contribution < 1.29 is 9.53 Å². The van der Waals surface area contributed by atoms with Crippen molar-refractivity contribution in [2.24, 2.45) is 0 Å². The molecule has 0 spiro atoms. The maximum atomic E-state index is 11.9. The molecule has 0 fully saturated rings. The van der Waals surface area contributed by atoms with Crippen LogP contribution in [0.1, 0.15) is 17.0 Å². The molecule has 1 heterocycles. The van der Waals surface area contributed by atoms with Gasteiger partial charge >= 0.3 is 5.97 Å². The number of hydrogen-bond acceptors (Lipinski definition) is 4. The third-order valence-electron chi connectivity index (χ3n) is 3.50. The van der Waals surface area contributed by atoms with E-state index in [4.69, 9.17) is 4.74 Å². The average Bonchev–Trinajstić information content (AvgIpc) is 2.59. The van der Waals surface area contributed by atoms with Crippen LogP contribution in [0.2, 0.25) is 0 Å². The SMILES string of the molecule is Cc1ccc(/C=C/C(=O)OCc2nc3ccccc3c(=O)[nH]2)cc1. The number of hydrogen-bond donors (Lipinski definition) is 1. The molecule has 0 aliphatic heterocycles. The molecule has 0 radical (unpaired) electrons. The van der Waals surface area contributed by atoms with Crippen LogP contribution < -0.4 is 5.56 Å². The molecule has 3 rings (SSSR count). The number of aryl methyl sites for hydroxylation is 1. The number of esters is 1. The molecule has 1 N–H and O–H groups in total. The first-order valence-electron chi connectivity index (χ1n) is 7.51. The summed E-state index contributed by atoms with van der Waals surface area (Å²) in [6.45, 7) is 1.91. The molecule has 0 amide bonds. The molecule has 0 aliphatic rings. The quantitative estimate of drug-likeness (QED) is 0.592. The van der Waals surface area contributed by atoms with Crippen LogP contribution >= 0.6 is 0 Å². The lowest BCUT2D eigenvalue weighted by Crippen LogP contribution is -2.13. The molecule has 1 aromatic heterocycles. The number of carbonyl (C=O) groups excluding carboxylic acids is 1. The third kappa shape index (κ3) is 3.76. The van der Waals surface area contributed by atoms with Gasteiger partial charge in [0.25, 0.3) is 5.56 Å². The van der Waals surface area contributed by atoms with E-state index in [1.54, 1.807) is 30.3 Å². The summed E-state index contributed by atoms with van der Waals surface area (Å²) in [4.78, 5) is 30.6. The number of ether oxygens (including phenoxy) is 1. The molecule has 5 nitrogen and oxygen atoms in total. The van der Waals surface area contributed by atoms with Crippen molar-refractivity contribution in [3.63, 3.8) is 0 Å². The van der Waals surface area contributed by atoms with Gasteiger partial charge < -0.3 is 9.72 Å². The van der Waals surface area contributed by atoms with E-state index >= 15 is 0 Å². The summed E-state index contributed by atoms with van der Waals surface area (Å²) in [6.07, 6.45) is 3.03. The monoisotopic (exact) mass is 320 g/mol. The van der Waals surface area contributed by atoms with Crippen LogP contribution in [0, 0.1) is 6.92 Å². The number of carbonyl (C=O) groups is 1. The third-order valence-corrected chi connectivity index (χ3v) is 3.50. The van der Waals surface area contributed by atoms with Gasteiger partial charge in [-0.25, -0.2) is 9.78 Å². The molecule has 24 heavy (non-hydrogen) atoms. The fourth-order valence-electron chi connectivity index (χ4n) is 2.23. The van der Waals surface area contributed by atoms with Gasteiger partial charge in [-0.2, -0.15) is 0 Å². The summed E-state index contributed by atoms with van der Waals surface area (Å²) < 4.78 is 5.12. The maximum Gasteiger partial charge on any atom is 0.331 e. The topological polar surface area (TPSA) is 72.0 Å². The van der Waals surface area contributed by atoms with Crippen LogP contribution in [-0.2, 0) is 16.1 Å². The summed E-state index contributed by atoms with van der Waals surface area (Å²) >= 11 is 0. The molecule has 0 atom stereocenters. The van der Waals surface area contributed by atoms with Gasteiger partial charge in [0.15, 0.2) is 0 Å². The molecule has 120 valence electrons. The van der Waals surface area contributed by atoms with Crippen LogP contribution in [0.3, 0.4) is 0 Å². The van der Waals surface area contributed by atoms with Gasteiger partial charge in [-0.1, -0.05) is 42.0 Å². The Kier molecular flexibility index (Phi) is 4.52. The highest BCUT2D eigenvalue weighted by molar-refractivity contribution is 5.87. The van der Waals surface area contributed by atoms with E-state index < -0.39 is 5.97 Å². The number of fused-ring (bicyclic) bond motifs is 1. The van der Waals surface area contributed by atoms with E-state index in [1.807, 2.05) is 31.2 Å². The van der Waals surface area contributed by atoms with Gasteiger partial charge in [0.2, 0.25) is 0 Å². The van der Waals surface area contributed by atoms with E-state index in [9.17, 15) is 9.59 Å². The van der Waals surface area contributed by atoms with Crippen LogP contribution in [-0.4, -0.2) is 15.9 Å². The maximum absolute atomic E-state index is 11.9. The van der Waals surface area contributed by atoms with Crippen molar-refractivity contribution in [1.29, 1.82) is 0 Å². The van der Waals surface area contributed by atoms with Gasteiger partial charge in [0, 0.05) is 6.08 Å². The average molecular weight is 320 g/mol. The second kappa shape index (κ2) is 6.91. The van der Waals surface area contributed by atoms with Gasteiger partial charge in [0.05, 0.1) is 10.9 Å². The summed E-state index contributed by atoms with van der Waals surface area (Å²) in [5, 5.41) is 0.506. The van der Waals surface area contributed by atoms with Gasteiger partial charge in [-0.3, -0.25) is 4.79 Å². The Morgan fingerprint density at radius 3 is 2.71 bits per heavy atom. The number of H-pyrrole nitrogens is 1. The van der Waals surface area contributed by atoms with E-state index in [1.165, 1.54) is 6.08 Å². The van der Waals surface area contributed by atoms with E-state index in [0.717, 1.165) is 11.1 Å². The molecule has 3 aromatic rings. The molecule has 0 saturated heterocycles. The smallest absolute Gasteiger partial charge is 0.331 e. The van der Waals surface area contributed by atoms with Crippen LogP contribution in [0.15, 0.2) is 59.4 Å². The number of aromatic amines is 1. The Hall–Kier alpha value is -3.21. The van der Waals surface area contributed by atoms with Gasteiger partial charge in [-0.05, 0) is 30.7 Å². The fourth-order valence-corrected chi connectivity index (χ4v) is 2.23. The summed E-state index contributed by atoms with van der Waals surface area (Å²) in [5.41, 5.74) is 2.39. The molecule has 2 aromatic carbocycles. The first-order chi connectivity index (χ1) is 11.6. The largest absolute Gasteiger partial charge is 0.454 e. The second-order valence-electron chi connectivity index (χ2n) is 5.38. The number of rotatable bonds is 4. The molecule has 0 bridgehead atoms. The zero-order valence-electron chi connectivity index (χ0n) is 13.2. The number of para-hydroxylation sites is 1. The Labute approximate surface area is 138 Å². The van der Waals surface area contributed by atoms with Crippen molar-refractivity contribution in [3.8, 4) is 0 Å². The van der Waals surface area contributed by atoms with Crippen molar-refractivity contribution in [1.82, 2.24) is 9.97 Å². The Morgan fingerprint density at radius 2 is 1.92 bits per heavy atom. The highest BCUT2D eigenvalue weighted by Gasteiger charge is 2.05. The van der Waals surface area contributed by atoms with Crippen LogP contribution in [0.5, 0.6) is 0 Å². The predicted molar refractivity (Wildman–Crippen MR) is 92.4 cm³/mol. The normalized spacial score (nSPS) is 11.0. The van der Waals surface area contributed by atoms with E-state index in [-0.39, 0.29) is 12.2 Å². The van der Waals surface area contributed by atoms with Crippen LogP contribution in [0.25, 0.3) is 17.0 Å². The summed E-state index contributed by atoms with van der Waals surface area (Å²) in [5.74, 6) is -0.179. The van der Waals surface area contributed by atoms with Gasteiger partial charge in [-0.15, -0.1) is 0 Å². The summed E-state index contributed by atoms with van der Waals surface area (Å²) in [7, 11) is 0. The minimum atomic E-state index is -0.494. The Morgan fingerprint density at radius 1 is 1.17 bits per heavy atom. The predicted octanol–water partition coefficient (Wildman–Crippen LogP) is 2.99. The van der Waals surface area contributed by atoms with Gasteiger partial charge in [0.1, 0.15) is 12.4 Å². The van der Waals surface area contributed by atoms with Crippen LogP contribution in [0.4, 0.5) is 0 Å². The summed E-state index contributed by atoms with van der Waals surface area (Å²) in [6, 6.07) is 14.8. The lowest BCUT2D eigenvalue weighted by atomic mass is 10.1. The Balaban J connectivity index is 1.66. The second-order valence-corrected chi connectivity index (χ2v) is 5.38. The molecule has 5 heteroatoms. The molecular formula is C19H16N2O3. The molecule has 0 saturated carbocycles. The number of nitrogens with zero attached hydrogens (tertiary/aromatic N) is 1. The Bertz CT molecular complexity index is 956. The highest BCUT2D eigenvalue weighted by Crippen LogP contribution is 2.07. The standard InChI is InChI=1S/C19H16N2O3/c1-13-6-8-14(9-7-13)10-11-18(22)24-12-17-20-16-5-3-2-4-15(16)19(23)21-17/h2-11H,12H2,1H3,(H,20,21,23)/b11-10+. The van der Waals surface area contributed by atoms with Crippen molar-refractivity contribution in [3.05, 3.63) is 81.9 Å². The molecule has 0 aliphatic carbocycles. The first-order valence-corrected chi connectivity index (χ1v) is 7.51. The lowest BCUT2D eigenvalue weighted by molar-refractivity contribution is -0.139. The number of aromatic nitrogens is 2. The van der Waals surface area contributed by atoms with E-state index in [0.29, 0.717) is 16.7 Å². The molecular weight excluding hydrogens is 304 g/mol. The minimum Gasteiger partial charge on any atom is -0.454 e. The fraction of sp³-hybridized carbons (Fsp3) is 0.105. The number of nitrogens with one attached hydrogen (secondary N) is 1. The zero-order valence-corrected chi connectivity index (χ0v) is 13.2. The molecule has 0 unspecified atom stereocenters. The zero-order chi connectivity index (χ0) is 16.9. The van der Waals surface area contributed by atoms with Crippen molar-refractivity contribution >= 4 is 22.9 Å². The van der Waals surface area contributed by atoms with Crippen molar-refractivity contribution in [2.75, 3.05) is 0 Å². The first kappa shape index (κ1) is 15.7.